The standard InChI is InChI=1S/C14H16N2O5/c15-14(20)10-3-1-2-4-11(10)21-8-12(17)16(7-13(18)19)9-5-6-9/h1-4,9H,5-8H2,(H2,15,20)(H,18,19). The molecule has 0 aromatic heterocycles. The highest BCUT2D eigenvalue weighted by Crippen LogP contribution is 2.27. The molecule has 1 aliphatic rings. The zero-order chi connectivity index (χ0) is 15.4. The summed E-state index contributed by atoms with van der Waals surface area (Å²) in [5.74, 6) is -1.92. The van der Waals surface area contributed by atoms with Gasteiger partial charge in [-0.15, -0.1) is 0 Å². The summed E-state index contributed by atoms with van der Waals surface area (Å²) in [5, 5.41) is 8.82. The molecule has 0 radical (unpaired) electrons. The Kier molecular flexibility index (Phi) is 4.42. The predicted octanol–water partition coefficient (Wildman–Crippen LogP) is 0.240. The number of primary amides is 1. The molecule has 1 aromatic carbocycles. The second kappa shape index (κ2) is 6.25. The summed E-state index contributed by atoms with van der Waals surface area (Å²) in [6, 6.07) is 6.30. The molecule has 2 amide bonds. The maximum atomic E-state index is 12.0. The third-order valence-corrected chi connectivity index (χ3v) is 3.12. The van der Waals surface area contributed by atoms with Crippen molar-refractivity contribution >= 4 is 17.8 Å². The molecule has 3 N–H and O–H groups in total. The van der Waals surface area contributed by atoms with Crippen LogP contribution in [0.3, 0.4) is 0 Å². The molecular formula is C14H16N2O5. The molecule has 112 valence electrons. The lowest BCUT2D eigenvalue weighted by molar-refractivity contribution is -0.145. The molecule has 1 aromatic rings. The van der Waals surface area contributed by atoms with Crippen molar-refractivity contribution in [3.8, 4) is 5.75 Å². The molecular weight excluding hydrogens is 276 g/mol. The van der Waals surface area contributed by atoms with Crippen LogP contribution in [0, 0.1) is 0 Å². The van der Waals surface area contributed by atoms with Gasteiger partial charge in [-0.1, -0.05) is 12.1 Å². The van der Waals surface area contributed by atoms with Gasteiger partial charge < -0.3 is 20.5 Å². The fourth-order valence-electron chi connectivity index (χ4n) is 1.97. The fourth-order valence-corrected chi connectivity index (χ4v) is 1.97. The van der Waals surface area contributed by atoms with E-state index in [2.05, 4.69) is 0 Å². The first-order valence-electron chi connectivity index (χ1n) is 6.52. The Morgan fingerprint density at radius 3 is 2.52 bits per heavy atom. The largest absolute Gasteiger partial charge is 0.483 e. The van der Waals surface area contributed by atoms with Gasteiger partial charge in [0.05, 0.1) is 5.56 Å². The number of benzene rings is 1. The number of carboxylic acids is 1. The van der Waals surface area contributed by atoms with Gasteiger partial charge in [-0.2, -0.15) is 0 Å². The number of carboxylic acid groups (broad SMARTS) is 1. The molecule has 21 heavy (non-hydrogen) atoms. The van der Waals surface area contributed by atoms with Crippen molar-refractivity contribution in [2.75, 3.05) is 13.2 Å². The van der Waals surface area contributed by atoms with Gasteiger partial charge in [-0.05, 0) is 25.0 Å². The van der Waals surface area contributed by atoms with Crippen LogP contribution >= 0.6 is 0 Å². The van der Waals surface area contributed by atoms with Gasteiger partial charge in [0.15, 0.2) is 6.61 Å². The molecule has 0 atom stereocenters. The molecule has 2 rings (SSSR count). The molecule has 0 heterocycles. The topological polar surface area (TPSA) is 110 Å². The summed E-state index contributed by atoms with van der Waals surface area (Å²) in [5.41, 5.74) is 5.39. The van der Waals surface area contributed by atoms with Crippen molar-refractivity contribution in [3.63, 3.8) is 0 Å². The van der Waals surface area contributed by atoms with Crippen LogP contribution in [0.4, 0.5) is 0 Å². The number of nitrogens with zero attached hydrogens (tertiary/aromatic N) is 1. The van der Waals surface area contributed by atoms with Crippen molar-refractivity contribution in [1.82, 2.24) is 4.90 Å². The molecule has 7 heteroatoms. The summed E-state index contributed by atoms with van der Waals surface area (Å²) < 4.78 is 5.32. The second-order valence-corrected chi connectivity index (χ2v) is 4.80. The first-order chi connectivity index (χ1) is 9.99. The van der Waals surface area contributed by atoms with Crippen LogP contribution in [-0.4, -0.2) is 47.0 Å². The molecule has 1 aliphatic carbocycles. The second-order valence-electron chi connectivity index (χ2n) is 4.80. The van der Waals surface area contributed by atoms with Crippen LogP contribution in [0.2, 0.25) is 0 Å². The SMILES string of the molecule is NC(=O)c1ccccc1OCC(=O)N(CC(=O)O)C1CC1. The molecule has 1 fully saturated rings. The highest BCUT2D eigenvalue weighted by molar-refractivity contribution is 5.95. The Morgan fingerprint density at radius 1 is 1.29 bits per heavy atom. The van der Waals surface area contributed by atoms with Crippen LogP contribution in [0.15, 0.2) is 24.3 Å². The quantitative estimate of drug-likeness (QED) is 0.748. The van der Waals surface area contributed by atoms with Crippen molar-refractivity contribution in [3.05, 3.63) is 29.8 Å². The number of para-hydroxylation sites is 1. The van der Waals surface area contributed by atoms with E-state index in [-0.39, 0.29) is 30.5 Å². The maximum absolute atomic E-state index is 12.0. The zero-order valence-electron chi connectivity index (χ0n) is 11.3. The highest BCUT2D eigenvalue weighted by atomic mass is 16.5. The summed E-state index contributed by atoms with van der Waals surface area (Å²) >= 11 is 0. The Hall–Kier alpha value is -2.57. The fraction of sp³-hybridized carbons (Fsp3) is 0.357. The van der Waals surface area contributed by atoms with E-state index in [1.54, 1.807) is 12.1 Å². The molecule has 0 aliphatic heterocycles. The van der Waals surface area contributed by atoms with E-state index in [1.165, 1.54) is 17.0 Å². The number of hydrogen-bond donors (Lipinski definition) is 2. The lowest BCUT2D eigenvalue weighted by atomic mass is 10.2. The number of ether oxygens (including phenoxy) is 1. The Bertz CT molecular complexity index is 568. The Morgan fingerprint density at radius 2 is 1.95 bits per heavy atom. The van der Waals surface area contributed by atoms with E-state index in [4.69, 9.17) is 15.6 Å². The van der Waals surface area contributed by atoms with Crippen molar-refractivity contribution in [2.45, 2.75) is 18.9 Å². The molecule has 7 nitrogen and oxygen atoms in total. The summed E-state index contributed by atoms with van der Waals surface area (Å²) in [6.07, 6.45) is 1.60. The summed E-state index contributed by atoms with van der Waals surface area (Å²) in [6.45, 7) is -0.668. The minimum atomic E-state index is -1.06. The summed E-state index contributed by atoms with van der Waals surface area (Å²) in [7, 11) is 0. The highest BCUT2D eigenvalue weighted by Gasteiger charge is 2.34. The number of hydrogen-bond acceptors (Lipinski definition) is 4. The predicted molar refractivity (Wildman–Crippen MR) is 72.8 cm³/mol. The Balaban J connectivity index is 2.00. The molecule has 0 saturated heterocycles. The first kappa shape index (κ1) is 14.8. The van der Waals surface area contributed by atoms with Gasteiger partial charge >= 0.3 is 5.97 Å². The van der Waals surface area contributed by atoms with E-state index in [1.807, 2.05) is 0 Å². The van der Waals surface area contributed by atoms with Crippen LogP contribution in [0.5, 0.6) is 5.75 Å². The molecule has 0 bridgehead atoms. The zero-order valence-corrected chi connectivity index (χ0v) is 11.3. The van der Waals surface area contributed by atoms with Gasteiger partial charge in [0.2, 0.25) is 0 Å². The average molecular weight is 292 g/mol. The minimum Gasteiger partial charge on any atom is -0.483 e. The number of aliphatic carboxylic acids is 1. The van der Waals surface area contributed by atoms with Gasteiger partial charge in [0.1, 0.15) is 12.3 Å². The van der Waals surface area contributed by atoms with E-state index in [0.29, 0.717) is 0 Å². The Labute approximate surface area is 121 Å². The van der Waals surface area contributed by atoms with Crippen molar-refractivity contribution in [2.24, 2.45) is 5.73 Å². The molecule has 1 saturated carbocycles. The first-order valence-corrected chi connectivity index (χ1v) is 6.52. The van der Waals surface area contributed by atoms with Crippen LogP contribution < -0.4 is 10.5 Å². The van der Waals surface area contributed by atoms with E-state index >= 15 is 0 Å². The lowest BCUT2D eigenvalue weighted by Crippen LogP contribution is -2.40. The number of nitrogens with two attached hydrogens (primary N) is 1. The third kappa shape index (κ3) is 3.95. The van der Waals surface area contributed by atoms with Crippen molar-refractivity contribution < 1.29 is 24.2 Å². The van der Waals surface area contributed by atoms with Crippen LogP contribution in [-0.2, 0) is 9.59 Å². The normalized spacial score (nSPS) is 13.5. The van der Waals surface area contributed by atoms with Crippen LogP contribution in [0.1, 0.15) is 23.2 Å². The molecule has 0 spiro atoms. The van der Waals surface area contributed by atoms with E-state index < -0.39 is 17.8 Å². The van der Waals surface area contributed by atoms with Gasteiger partial charge in [-0.3, -0.25) is 14.4 Å². The minimum absolute atomic E-state index is 0.0245. The average Bonchev–Trinajstić information content (AvgIpc) is 3.26. The number of carbonyl (C=O) groups excluding carboxylic acids is 2. The van der Waals surface area contributed by atoms with Gasteiger partial charge in [0, 0.05) is 6.04 Å². The van der Waals surface area contributed by atoms with Crippen LogP contribution in [0.25, 0.3) is 0 Å². The third-order valence-electron chi connectivity index (χ3n) is 3.12. The number of carbonyl (C=O) groups is 3. The molecule has 0 unspecified atom stereocenters. The lowest BCUT2D eigenvalue weighted by Gasteiger charge is -2.20. The maximum Gasteiger partial charge on any atom is 0.323 e. The number of rotatable bonds is 7. The van der Waals surface area contributed by atoms with Gasteiger partial charge in [0.25, 0.3) is 11.8 Å². The smallest absolute Gasteiger partial charge is 0.323 e. The van der Waals surface area contributed by atoms with E-state index in [0.717, 1.165) is 12.8 Å². The van der Waals surface area contributed by atoms with Gasteiger partial charge in [-0.25, -0.2) is 0 Å². The van der Waals surface area contributed by atoms with E-state index in [9.17, 15) is 14.4 Å². The monoisotopic (exact) mass is 292 g/mol. The summed E-state index contributed by atoms with van der Waals surface area (Å²) in [4.78, 5) is 35.3. The number of amides is 2. The van der Waals surface area contributed by atoms with Crippen molar-refractivity contribution in [1.29, 1.82) is 0 Å².